The highest BCUT2D eigenvalue weighted by Crippen LogP contribution is 2.21. The van der Waals surface area contributed by atoms with E-state index in [2.05, 4.69) is 25.4 Å². The summed E-state index contributed by atoms with van der Waals surface area (Å²) in [6.45, 7) is 5.34. The summed E-state index contributed by atoms with van der Waals surface area (Å²) < 4.78 is 18.6. The van der Waals surface area contributed by atoms with Gasteiger partial charge in [-0.1, -0.05) is 12.1 Å². The molecule has 2 heterocycles. The van der Waals surface area contributed by atoms with E-state index in [-0.39, 0.29) is 17.6 Å². The average molecular weight is 343 g/mol. The van der Waals surface area contributed by atoms with Gasteiger partial charge in [0.2, 0.25) is 11.7 Å². The normalized spacial score (nSPS) is 12.2. The predicted molar refractivity (Wildman–Crippen MR) is 88.3 cm³/mol. The lowest BCUT2D eigenvalue weighted by Crippen LogP contribution is -2.28. The van der Waals surface area contributed by atoms with Crippen LogP contribution in [0.1, 0.15) is 47.5 Å². The number of nitrogens with one attached hydrogen (secondary N) is 2. The fraction of sp³-hybridized carbons (Fsp3) is 0.294. The van der Waals surface area contributed by atoms with E-state index in [0.717, 1.165) is 5.69 Å². The number of imidazole rings is 1. The molecule has 0 aliphatic rings. The lowest BCUT2D eigenvalue weighted by atomic mass is 10.1. The number of carbonyl (C=O) groups excluding carboxylic acids is 1. The first-order chi connectivity index (χ1) is 12.0. The Morgan fingerprint density at radius 3 is 2.96 bits per heavy atom. The Bertz CT molecular complexity index is 902. The van der Waals surface area contributed by atoms with Crippen molar-refractivity contribution in [3.8, 4) is 11.4 Å². The zero-order valence-corrected chi connectivity index (χ0v) is 14.1. The van der Waals surface area contributed by atoms with E-state index >= 15 is 0 Å². The van der Waals surface area contributed by atoms with Crippen LogP contribution in [0.4, 0.5) is 4.39 Å². The molecule has 1 atom stereocenters. The van der Waals surface area contributed by atoms with Gasteiger partial charge in [0, 0.05) is 11.3 Å². The first-order valence-electron chi connectivity index (χ1n) is 7.92. The SMILES string of the molecule is CCc1[nH]cnc1C(=O)NC(C)c1nc(-c2ccc(F)c(C)c2)no1. The molecule has 130 valence electrons. The molecular formula is C17H18FN5O2. The lowest BCUT2D eigenvalue weighted by Gasteiger charge is -2.08. The monoisotopic (exact) mass is 343 g/mol. The summed E-state index contributed by atoms with van der Waals surface area (Å²) >= 11 is 0. The maximum absolute atomic E-state index is 13.4. The molecule has 7 nitrogen and oxygen atoms in total. The number of nitrogens with zero attached hydrogens (tertiary/aromatic N) is 3. The molecule has 0 aliphatic heterocycles. The molecule has 0 saturated carbocycles. The van der Waals surface area contributed by atoms with Crippen LogP contribution in [0.15, 0.2) is 29.0 Å². The highest BCUT2D eigenvalue weighted by Gasteiger charge is 2.21. The number of carbonyl (C=O) groups is 1. The van der Waals surface area contributed by atoms with Crippen molar-refractivity contribution in [2.24, 2.45) is 0 Å². The lowest BCUT2D eigenvalue weighted by molar-refractivity contribution is 0.0927. The van der Waals surface area contributed by atoms with Crippen LogP contribution in [0.3, 0.4) is 0 Å². The van der Waals surface area contributed by atoms with E-state index in [0.29, 0.717) is 29.1 Å². The topological polar surface area (TPSA) is 96.7 Å². The second-order valence-corrected chi connectivity index (χ2v) is 5.70. The molecule has 1 unspecified atom stereocenters. The van der Waals surface area contributed by atoms with Crippen LogP contribution >= 0.6 is 0 Å². The number of halogens is 1. The first kappa shape index (κ1) is 16.8. The average Bonchev–Trinajstić information content (AvgIpc) is 3.26. The summed E-state index contributed by atoms with van der Waals surface area (Å²) in [5.74, 6) is -0.00562. The van der Waals surface area contributed by atoms with Crippen molar-refractivity contribution in [3.63, 3.8) is 0 Å². The minimum Gasteiger partial charge on any atom is -0.348 e. The number of rotatable bonds is 5. The largest absolute Gasteiger partial charge is 0.348 e. The number of hydrogen-bond acceptors (Lipinski definition) is 5. The fourth-order valence-corrected chi connectivity index (χ4v) is 2.43. The minimum absolute atomic E-state index is 0.263. The van der Waals surface area contributed by atoms with Gasteiger partial charge in [-0.15, -0.1) is 0 Å². The molecule has 0 spiro atoms. The van der Waals surface area contributed by atoms with Gasteiger partial charge in [-0.25, -0.2) is 9.37 Å². The maximum atomic E-state index is 13.4. The third-order valence-corrected chi connectivity index (χ3v) is 3.86. The van der Waals surface area contributed by atoms with Gasteiger partial charge in [0.1, 0.15) is 17.6 Å². The Balaban J connectivity index is 1.75. The van der Waals surface area contributed by atoms with Crippen LogP contribution in [0.2, 0.25) is 0 Å². The van der Waals surface area contributed by atoms with Crippen molar-refractivity contribution in [2.75, 3.05) is 0 Å². The summed E-state index contributed by atoms with van der Waals surface area (Å²) in [6, 6.07) is 4.09. The Labute approximate surface area is 143 Å². The summed E-state index contributed by atoms with van der Waals surface area (Å²) in [5.41, 5.74) is 2.25. The summed E-state index contributed by atoms with van der Waals surface area (Å²) in [7, 11) is 0. The zero-order valence-electron chi connectivity index (χ0n) is 14.1. The van der Waals surface area contributed by atoms with E-state index in [1.807, 2.05) is 6.92 Å². The number of hydrogen-bond donors (Lipinski definition) is 2. The van der Waals surface area contributed by atoms with E-state index in [9.17, 15) is 9.18 Å². The van der Waals surface area contributed by atoms with Crippen LogP contribution in [-0.4, -0.2) is 26.0 Å². The van der Waals surface area contributed by atoms with Gasteiger partial charge in [-0.2, -0.15) is 4.98 Å². The quantitative estimate of drug-likeness (QED) is 0.742. The van der Waals surface area contributed by atoms with Crippen molar-refractivity contribution in [3.05, 3.63) is 53.2 Å². The molecule has 3 aromatic rings. The van der Waals surface area contributed by atoms with Crippen LogP contribution in [0.25, 0.3) is 11.4 Å². The minimum atomic E-state index is -0.489. The summed E-state index contributed by atoms with van der Waals surface area (Å²) in [4.78, 5) is 23.6. The number of amides is 1. The highest BCUT2D eigenvalue weighted by atomic mass is 19.1. The Morgan fingerprint density at radius 1 is 1.44 bits per heavy atom. The molecule has 2 N–H and O–H groups in total. The van der Waals surface area contributed by atoms with Gasteiger partial charge >= 0.3 is 0 Å². The highest BCUT2D eigenvalue weighted by molar-refractivity contribution is 5.93. The van der Waals surface area contributed by atoms with Crippen molar-refractivity contribution >= 4 is 5.91 Å². The van der Waals surface area contributed by atoms with Gasteiger partial charge < -0.3 is 14.8 Å². The van der Waals surface area contributed by atoms with Crippen LogP contribution < -0.4 is 5.32 Å². The third-order valence-electron chi connectivity index (χ3n) is 3.86. The number of aryl methyl sites for hydroxylation is 2. The summed E-state index contributed by atoms with van der Waals surface area (Å²) in [6.07, 6.45) is 2.16. The number of benzene rings is 1. The maximum Gasteiger partial charge on any atom is 0.272 e. The van der Waals surface area contributed by atoms with Crippen molar-refractivity contribution in [1.29, 1.82) is 0 Å². The Kier molecular flexibility index (Phi) is 4.60. The summed E-state index contributed by atoms with van der Waals surface area (Å²) in [5, 5.41) is 6.68. The first-order valence-corrected chi connectivity index (χ1v) is 7.92. The number of aromatic nitrogens is 4. The van der Waals surface area contributed by atoms with Crippen molar-refractivity contribution in [2.45, 2.75) is 33.2 Å². The molecule has 0 radical (unpaired) electrons. The Hall–Kier alpha value is -3.03. The van der Waals surface area contributed by atoms with E-state index < -0.39 is 6.04 Å². The standard InChI is InChI=1S/C17H18FN5O2/c1-4-13-14(20-8-19-13)16(24)21-10(3)17-22-15(23-25-17)11-5-6-12(18)9(2)7-11/h5-8,10H,4H2,1-3H3,(H,19,20)(H,21,24). The molecule has 0 bridgehead atoms. The molecule has 8 heteroatoms. The Morgan fingerprint density at radius 2 is 2.24 bits per heavy atom. The van der Waals surface area contributed by atoms with E-state index in [4.69, 9.17) is 4.52 Å². The molecule has 2 aromatic heterocycles. The number of H-pyrrole nitrogens is 1. The predicted octanol–water partition coefficient (Wildman–Crippen LogP) is 2.96. The molecular weight excluding hydrogens is 325 g/mol. The van der Waals surface area contributed by atoms with E-state index in [1.54, 1.807) is 26.0 Å². The molecule has 1 aromatic carbocycles. The number of aromatic amines is 1. The van der Waals surface area contributed by atoms with Gasteiger partial charge in [0.05, 0.1) is 6.33 Å². The fourth-order valence-electron chi connectivity index (χ4n) is 2.43. The smallest absolute Gasteiger partial charge is 0.272 e. The van der Waals surface area contributed by atoms with Crippen LogP contribution in [0, 0.1) is 12.7 Å². The molecule has 0 aliphatic carbocycles. The van der Waals surface area contributed by atoms with Crippen LogP contribution in [0.5, 0.6) is 0 Å². The molecule has 0 fully saturated rings. The van der Waals surface area contributed by atoms with Gasteiger partial charge in [-0.05, 0) is 44.0 Å². The molecule has 25 heavy (non-hydrogen) atoms. The van der Waals surface area contributed by atoms with Gasteiger partial charge in [0.15, 0.2) is 0 Å². The van der Waals surface area contributed by atoms with Gasteiger partial charge in [-0.3, -0.25) is 4.79 Å². The second-order valence-electron chi connectivity index (χ2n) is 5.70. The van der Waals surface area contributed by atoms with Crippen molar-refractivity contribution in [1.82, 2.24) is 25.4 Å². The third kappa shape index (κ3) is 3.42. The zero-order chi connectivity index (χ0) is 18.0. The van der Waals surface area contributed by atoms with Crippen molar-refractivity contribution < 1.29 is 13.7 Å². The second kappa shape index (κ2) is 6.84. The van der Waals surface area contributed by atoms with E-state index in [1.165, 1.54) is 12.4 Å². The van der Waals surface area contributed by atoms with Crippen LogP contribution in [-0.2, 0) is 6.42 Å². The molecule has 3 rings (SSSR count). The molecule has 0 saturated heterocycles. The van der Waals surface area contributed by atoms with Gasteiger partial charge in [0.25, 0.3) is 5.91 Å². The molecule has 1 amide bonds.